The van der Waals surface area contributed by atoms with E-state index in [9.17, 15) is 13.2 Å². The Labute approximate surface area is 145 Å². The third-order valence-electron chi connectivity index (χ3n) is 3.56. The lowest BCUT2D eigenvalue weighted by atomic mass is 9.96. The van der Waals surface area contributed by atoms with E-state index in [0.717, 1.165) is 6.42 Å². The predicted molar refractivity (Wildman–Crippen MR) is 97.6 cm³/mol. The second-order valence-electron chi connectivity index (χ2n) is 6.18. The van der Waals surface area contributed by atoms with Crippen molar-refractivity contribution < 1.29 is 13.2 Å². The number of hydrogen-bond acceptors (Lipinski definition) is 4. The minimum absolute atomic E-state index is 0. The van der Waals surface area contributed by atoms with E-state index in [4.69, 9.17) is 5.73 Å². The third kappa shape index (κ3) is 6.49. The molecule has 0 radical (unpaired) electrons. The summed E-state index contributed by atoms with van der Waals surface area (Å²) in [5.41, 5.74) is 6.27. The van der Waals surface area contributed by atoms with Crippen molar-refractivity contribution in [3.8, 4) is 0 Å². The number of nitrogens with one attached hydrogen (secondary N) is 1. The van der Waals surface area contributed by atoms with Crippen molar-refractivity contribution in [1.29, 1.82) is 0 Å². The molecule has 1 aromatic rings. The number of rotatable bonds is 7. The van der Waals surface area contributed by atoms with E-state index >= 15 is 0 Å². The first-order chi connectivity index (χ1) is 10.1. The zero-order valence-electron chi connectivity index (χ0n) is 14.1. The molecule has 7 heteroatoms. The van der Waals surface area contributed by atoms with Crippen LogP contribution in [0.1, 0.15) is 46.1 Å². The van der Waals surface area contributed by atoms with Crippen LogP contribution < -0.4 is 11.1 Å². The van der Waals surface area contributed by atoms with Gasteiger partial charge in [0.1, 0.15) is 0 Å². The number of carbonyl (C=O) groups excluding carboxylic acids is 1. The largest absolute Gasteiger partial charge is 0.324 e. The number of nitrogens with two attached hydrogens (primary N) is 1. The summed E-state index contributed by atoms with van der Waals surface area (Å²) in [7, 11) is -3.17. The van der Waals surface area contributed by atoms with E-state index < -0.39 is 20.6 Å². The molecule has 0 saturated heterocycles. The molecule has 23 heavy (non-hydrogen) atoms. The van der Waals surface area contributed by atoms with Crippen LogP contribution in [-0.4, -0.2) is 25.1 Å². The molecule has 5 nitrogen and oxygen atoms in total. The zero-order chi connectivity index (χ0) is 17.0. The fraction of sp³-hybridized carbons (Fsp3) is 0.562. The topological polar surface area (TPSA) is 89.3 Å². The number of carbonyl (C=O) groups is 1. The molecular formula is C16H27ClN2O3S. The molecule has 1 aromatic carbocycles. The van der Waals surface area contributed by atoms with Gasteiger partial charge in [-0.15, -0.1) is 12.4 Å². The summed E-state index contributed by atoms with van der Waals surface area (Å²) < 4.78 is 23.9. The summed E-state index contributed by atoms with van der Waals surface area (Å²) in [6.07, 6.45) is 1.40. The van der Waals surface area contributed by atoms with E-state index in [-0.39, 0.29) is 24.1 Å². The molecular weight excluding hydrogens is 336 g/mol. The summed E-state index contributed by atoms with van der Waals surface area (Å²) in [6.45, 7) is 6.98. The lowest BCUT2D eigenvalue weighted by Crippen LogP contribution is -2.48. The number of amides is 1. The first-order valence-electron chi connectivity index (χ1n) is 7.49. The van der Waals surface area contributed by atoms with E-state index in [1.165, 1.54) is 0 Å². The van der Waals surface area contributed by atoms with E-state index in [1.54, 1.807) is 45.0 Å². The van der Waals surface area contributed by atoms with Crippen LogP contribution in [0.4, 0.5) is 5.69 Å². The molecule has 132 valence electrons. The van der Waals surface area contributed by atoms with Gasteiger partial charge in [-0.25, -0.2) is 8.42 Å². The van der Waals surface area contributed by atoms with Crippen LogP contribution in [-0.2, 0) is 20.4 Å². The summed E-state index contributed by atoms with van der Waals surface area (Å²) in [5.74, 6) is -0.304. The monoisotopic (exact) mass is 362 g/mol. The lowest BCUT2D eigenvalue weighted by Gasteiger charge is -2.23. The van der Waals surface area contributed by atoms with Crippen LogP contribution in [0.15, 0.2) is 24.3 Å². The molecule has 1 rings (SSSR count). The van der Waals surface area contributed by atoms with E-state index in [1.807, 2.05) is 6.92 Å². The SMILES string of the molecule is CCCC(C)(N)C(=O)Nc1cccc(CS(=O)(=O)C(C)C)c1.Cl. The van der Waals surface area contributed by atoms with Crippen LogP contribution in [0, 0.1) is 0 Å². The fourth-order valence-corrected chi connectivity index (χ4v) is 3.02. The summed E-state index contributed by atoms with van der Waals surface area (Å²) in [5, 5.41) is 2.34. The van der Waals surface area contributed by atoms with Crippen molar-refractivity contribution >= 4 is 33.8 Å². The van der Waals surface area contributed by atoms with Crippen molar-refractivity contribution in [1.82, 2.24) is 0 Å². The van der Waals surface area contributed by atoms with Gasteiger partial charge < -0.3 is 11.1 Å². The maximum Gasteiger partial charge on any atom is 0.244 e. The molecule has 0 aromatic heterocycles. The molecule has 0 aliphatic carbocycles. The van der Waals surface area contributed by atoms with E-state index in [0.29, 0.717) is 17.7 Å². The standard InChI is InChI=1S/C16H26N2O3S.ClH/c1-5-9-16(4,17)15(19)18-14-8-6-7-13(10-14)11-22(20,21)12(2)3;/h6-8,10,12H,5,9,11,17H2,1-4H3,(H,18,19);1H. The first kappa shape index (κ1) is 21.9. The quantitative estimate of drug-likeness (QED) is 0.780. The van der Waals surface area contributed by atoms with Crippen LogP contribution >= 0.6 is 12.4 Å². The molecule has 0 aliphatic rings. The number of halogens is 1. The van der Waals surface area contributed by atoms with Crippen LogP contribution in [0.25, 0.3) is 0 Å². The Kier molecular flexibility index (Phi) is 8.24. The third-order valence-corrected chi connectivity index (χ3v) is 5.73. The first-order valence-corrected chi connectivity index (χ1v) is 9.21. The molecule has 0 spiro atoms. The molecule has 1 amide bonds. The average Bonchev–Trinajstić information content (AvgIpc) is 2.38. The maximum absolute atomic E-state index is 12.2. The summed E-state index contributed by atoms with van der Waals surface area (Å²) in [4.78, 5) is 12.2. The highest BCUT2D eigenvalue weighted by Gasteiger charge is 2.27. The number of sulfone groups is 1. The molecule has 0 saturated carbocycles. The Morgan fingerprint density at radius 3 is 2.48 bits per heavy atom. The Balaban J connectivity index is 0.00000484. The minimum Gasteiger partial charge on any atom is -0.324 e. The van der Waals surface area contributed by atoms with Gasteiger partial charge in [-0.1, -0.05) is 25.5 Å². The average molecular weight is 363 g/mol. The van der Waals surface area contributed by atoms with Crippen molar-refractivity contribution in [3.05, 3.63) is 29.8 Å². The number of anilines is 1. The zero-order valence-corrected chi connectivity index (χ0v) is 15.8. The van der Waals surface area contributed by atoms with Crippen molar-refractivity contribution in [2.45, 2.75) is 57.1 Å². The normalized spacial score (nSPS) is 14.0. The Bertz CT molecular complexity index is 628. The van der Waals surface area contributed by atoms with Crippen molar-refractivity contribution in [2.75, 3.05) is 5.32 Å². The summed E-state index contributed by atoms with van der Waals surface area (Å²) >= 11 is 0. The molecule has 3 N–H and O–H groups in total. The van der Waals surface area contributed by atoms with Gasteiger partial charge in [0.25, 0.3) is 0 Å². The Hall–Kier alpha value is -1.11. The van der Waals surface area contributed by atoms with Gasteiger partial charge in [0.2, 0.25) is 5.91 Å². The second-order valence-corrected chi connectivity index (χ2v) is 8.74. The lowest BCUT2D eigenvalue weighted by molar-refractivity contribution is -0.120. The van der Waals surface area contributed by atoms with Gasteiger partial charge in [-0.2, -0.15) is 0 Å². The van der Waals surface area contributed by atoms with Crippen LogP contribution in [0.2, 0.25) is 0 Å². The highest BCUT2D eigenvalue weighted by molar-refractivity contribution is 7.91. The second kappa shape index (κ2) is 8.66. The highest BCUT2D eigenvalue weighted by Crippen LogP contribution is 2.18. The fourth-order valence-electron chi connectivity index (χ4n) is 2.04. The molecule has 0 heterocycles. The smallest absolute Gasteiger partial charge is 0.244 e. The Morgan fingerprint density at radius 1 is 1.35 bits per heavy atom. The van der Waals surface area contributed by atoms with Crippen molar-refractivity contribution in [3.63, 3.8) is 0 Å². The van der Waals surface area contributed by atoms with Crippen LogP contribution in [0.5, 0.6) is 0 Å². The van der Waals surface area contributed by atoms with E-state index in [2.05, 4.69) is 5.32 Å². The maximum atomic E-state index is 12.2. The minimum atomic E-state index is -3.17. The Morgan fingerprint density at radius 2 is 1.96 bits per heavy atom. The van der Waals surface area contributed by atoms with Crippen LogP contribution in [0.3, 0.4) is 0 Å². The molecule has 0 bridgehead atoms. The molecule has 0 fully saturated rings. The molecule has 1 unspecified atom stereocenters. The molecule has 1 atom stereocenters. The van der Waals surface area contributed by atoms with Crippen molar-refractivity contribution in [2.24, 2.45) is 5.73 Å². The van der Waals surface area contributed by atoms with Gasteiger partial charge in [0.05, 0.1) is 16.5 Å². The number of benzene rings is 1. The van der Waals surface area contributed by atoms with Gasteiger partial charge in [0, 0.05) is 5.69 Å². The summed E-state index contributed by atoms with van der Waals surface area (Å²) in [6, 6.07) is 6.88. The number of hydrogen-bond donors (Lipinski definition) is 2. The van der Waals surface area contributed by atoms with Gasteiger partial charge in [-0.3, -0.25) is 4.79 Å². The van der Waals surface area contributed by atoms with Gasteiger partial charge in [-0.05, 0) is 44.9 Å². The van der Waals surface area contributed by atoms with Gasteiger partial charge in [0.15, 0.2) is 9.84 Å². The predicted octanol–water partition coefficient (Wildman–Crippen LogP) is 2.89. The highest BCUT2D eigenvalue weighted by atomic mass is 35.5. The van der Waals surface area contributed by atoms with Gasteiger partial charge >= 0.3 is 0 Å². The molecule has 0 aliphatic heterocycles.